The molecular weight excluding hydrogens is 905 g/mol. The Kier molecular flexibility index (Phi) is 10.8. The van der Waals surface area contributed by atoms with E-state index in [0.717, 1.165) is 5.69 Å². The van der Waals surface area contributed by atoms with E-state index in [2.05, 4.69) is 301 Å². The van der Waals surface area contributed by atoms with Gasteiger partial charge < -0.3 is 9.13 Å². The molecule has 0 unspecified atom stereocenters. The molecule has 0 aliphatic carbocycles. The molecule has 352 valence electrons. The highest BCUT2D eigenvalue weighted by Crippen LogP contribution is 2.50. The molecule has 0 spiro atoms. The third-order valence-corrected chi connectivity index (χ3v) is 15.3. The van der Waals surface area contributed by atoms with E-state index in [9.17, 15) is 0 Å². The maximum atomic E-state index is 2.50. The summed E-state index contributed by atoms with van der Waals surface area (Å²) >= 11 is 0. The molecule has 0 N–H and O–H groups in total. The molecule has 0 amide bonds. The summed E-state index contributed by atoms with van der Waals surface area (Å²) < 4.78 is 5.00. The van der Waals surface area contributed by atoms with E-state index in [1.165, 1.54) is 133 Å². The molecule has 2 nitrogen and oxygen atoms in total. The van der Waals surface area contributed by atoms with E-state index >= 15 is 0 Å². The van der Waals surface area contributed by atoms with Gasteiger partial charge in [-0.2, -0.15) is 0 Å². The number of fused-ring (bicyclic) bond motifs is 7. The summed E-state index contributed by atoms with van der Waals surface area (Å²) in [5.74, 6) is 0. The second-order valence-corrected chi connectivity index (χ2v) is 19.6. The van der Waals surface area contributed by atoms with E-state index in [-0.39, 0.29) is 0 Å². The van der Waals surface area contributed by atoms with Gasteiger partial charge in [-0.1, -0.05) is 224 Å². The first-order chi connectivity index (χ1) is 37.1. The van der Waals surface area contributed by atoms with Gasteiger partial charge in [-0.15, -0.1) is 0 Å². The number of nitrogens with zero attached hydrogens (tertiary/aromatic N) is 2. The molecule has 0 fully saturated rings. The Labute approximate surface area is 437 Å². The molecule has 0 atom stereocenters. The molecule has 2 heteroatoms. The lowest BCUT2D eigenvalue weighted by atomic mass is 9.88. The fourth-order valence-corrected chi connectivity index (χ4v) is 11.9. The van der Waals surface area contributed by atoms with Crippen LogP contribution >= 0.6 is 0 Å². The molecule has 2 heterocycles. The third-order valence-electron chi connectivity index (χ3n) is 15.3. The standard InChI is InChI=1S/C73H50N2/c1-74-71-65(62-36-19-17-34-60(62)57-44-53(49-24-7-2-8-25-49)42-54(45-57)50-26-9-3-10-27-50)39-23-40-66(71)70-72(74)67(48-68-64-38-21-22-41-69(64)75(73(68)70)59-32-15-6-16-33-59)63-37-20-18-35-61(63)58-46-55(51-28-11-4-12-29-51)43-56(47-58)52-30-13-5-14-31-52/h2-48H,1H3. The minimum atomic E-state index is 1.13. The quantitative estimate of drug-likeness (QED) is 0.136. The maximum Gasteiger partial charge on any atom is 0.0641 e. The number of hydrogen-bond donors (Lipinski definition) is 0. The van der Waals surface area contributed by atoms with Gasteiger partial charge in [0, 0.05) is 45.4 Å². The van der Waals surface area contributed by atoms with Crippen molar-refractivity contribution in [3.63, 3.8) is 0 Å². The van der Waals surface area contributed by atoms with E-state index in [0.29, 0.717) is 0 Å². The van der Waals surface area contributed by atoms with Gasteiger partial charge >= 0.3 is 0 Å². The lowest BCUT2D eigenvalue weighted by Gasteiger charge is -2.17. The van der Waals surface area contributed by atoms with Gasteiger partial charge in [0.25, 0.3) is 0 Å². The smallest absolute Gasteiger partial charge is 0.0641 e. The number of hydrogen-bond acceptors (Lipinski definition) is 0. The molecule has 75 heavy (non-hydrogen) atoms. The van der Waals surface area contributed by atoms with Crippen molar-refractivity contribution < 1.29 is 0 Å². The van der Waals surface area contributed by atoms with Crippen molar-refractivity contribution in [3.05, 3.63) is 285 Å². The number of rotatable bonds is 9. The molecule has 14 aromatic rings. The zero-order valence-corrected chi connectivity index (χ0v) is 41.5. The second-order valence-electron chi connectivity index (χ2n) is 19.6. The zero-order chi connectivity index (χ0) is 49.8. The van der Waals surface area contributed by atoms with Gasteiger partial charge in [0.05, 0.1) is 22.1 Å². The Morgan fingerprint density at radius 3 is 1.09 bits per heavy atom. The van der Waals surface area contributed by atoms with Crippen molar-refractivity contribution in [3.8, 4) is 94.7 Å². The van der Waals surface area contributed by atoms with Crippen LogP contribution in [-0.2, 0) is 7.05 Å². The Morgan fingerprint density at radius 2 is 0.600 bits per heavy atom. The first kappa shape index (κ1) is 44.0. The van der Waals surface area contributed by atoms with Gasteiger partial charge in [-0.25, -0.2) is 0 Å². The second kappa shape index (κ2) is 18.4. The van der Waals surface area contributed by atoms with Crippen molar-refractivity contribution in [1.29, 1.82) is 0 Å². The van der Waals surface area contributed by atoms with Gasteiger partial charge in [0.2, 0.25) is 0 Å². The highest BCUT2D eigenvalue weighted by molar-refractivity contribution is 6.30. The van der Waals surface area contributed by atoms with Gasteiger partial charge in [0.1, 0.15) is 0 Å². The van der Waals surface area contributed by atoms with Crippen LogP contribution in [0.4, 0.5) is 0 Å². The predicted molar refractivity (Wildman–Crippen MR) is 318 cm³/mol. The molecule has 0 aliphatic heterocycles. The highest BCUT2D eigenvalue weighted by Gasteiger charge is 2.26. The summed E-state index contributed by atoms with van der Waals surface area (Å²) in [6.07, 6.45) is 0. The summed E-state index contributed by atoms with van der Waals surface area (Å²) in [5.41, 5.74) is 24.9. The zero-order valence-electron chi connectivity index (χ0n) is 41.5. The molecule has 12 aromatic carbocycles. The average Bonchev–Trinajstić information content (AvgIpc) is 4.06. The lowest BCUT2D eigenvalue weighted by molar-refractivity contribution is 1.02. The first-order valence-corrected chi connectivity index (χ1v) is 25.9. The minimum absolute atomic E-state index is 1.13. The fourth-order valence-electron chi connectivity index (χ4n) is 11.9. The van der Waals surface area contributed by atoms with Gasteiger partial charge in [-0.05, 0) is 139 Å². The third kappa shape index (κ3) is 7.58. The van der Waals surface area contributed by atoms with E-state index < -0.39 is 0 Å². The minimum Gasteiger partial charge on any atom is -0.343 e. The van der Waals surface area contributed by atoms with Crippen molar-refractivity contribution >= 4 is 43.6 Å². The van der Waals surface area contributed by atoms with E-state index in [4.69, 9.17) is 0 Å². The van der Waals surface area contributed by atoms with Crippen LogP contribution in [0.25, 0.3) is 138 Å². The Hall–Kier alpha value is -9.76. The van der Waals surface area contributed by atoms with Crippen LogP contribution < -0.4 is 0 Å². The molecule has 0 bridgehead atoms. The van der Waals surface area contributed by atoms with Crippen molar-refractivity contribution in [2.45, 2.75) is 0 Å². The highest BCUT2D eigenvalue weighted by atomic mass is 15.0. The van der Waals surface area contributed by atoms with Crippen LogP contribution in [0.3, 0.4) is 0 Å². The van der Waals surface area contributed by atoms with Crippen molar-refractivity contribution in [2.75, 3.05) is 0 Å². The topological polar surface area (TPSA) is 9.86 Å². The molecule has 2 aromatic heterocycles. The maximum absolute atomic E-state index is 2.50. The van der Waals surface area contributed by atoms with Crippen LogP contribution in [0.1, 0.15) is 0 Å². The lowest BCUT2D eigenvalue weighted by Crippen LogP contribution is -1.96. The summed E-state index contributed by atoms with van der Waals surface area (Å²) in [6.45, 7) is 0. The summed E-state index contributed by atoms with van der Waals surface area (Å²) in [4.78, 5) is 0. The van der Waals surface area contributed by atoms with Crippen LogP contribution in [0.2, 0.25) is 0 Å². The predicted octanol–water partition coefficient (Wildman–Crippen LogP) is 19.8. The number of para-hydroxylation sites is 3. The average molecular weight is 955 g/mol. The van der Waals surface area contributed by atoms with Crippen molar-refractivity contribution in [2.24, 2.45) is 7.05 Å². The number of aromatic nitrogens is 2. The monoisotopic (exact) mass is 954 g/mol. The molecule has 14 rings (SSSR count). The SMILES string of the molecule is Cn1c2c(-c3ccccc3-c3cc(-c4ccccc4)cc(-c4ccccc4)c3)cccc2c2c1c(-c1ccccc1-c1cc(-c3ccccc3)cc(-c3ccccc3)c1)cc1c3ccccc3n(-c3ccccc3)c12. The Bertz CT molecular complexity index is 4320. The molecular formula is C73H50N2. The summed E-state index contributed by atoms with van der Waals surface area (Å²) in [6, 6.07) is 105. The summed E-state index contributed by atoms with van der Waals surface area (Å²) in [5, 5.41) is 4.89. The summed E-state index contributed by atoms with van der Waals surface area (Å²) in [7, 11) is 2.29. The Morgan fingerprint density at radius 1 is 0.227 bits per heavy atom. The fraction of sp³-hybridized carbons (Fsp3) is 0.0137. The number of aryl methyl sites for hydroxylation is 1. The van der Waals surface area contributed by atoms with Crippen LogP contribution in [-0.4, -0.2) is 9.13 Å². The molecule has 0 radical (unpaired) electrons. The van der Waals surface area contributed by atoms with E-state index in [1.807, 2.05) is 0 Å². The van der Waals surface area contributed by atoms with Crippen LogP contribution in [0.5, 0.6) is 0 Å². The molecule has 0 saturated heterocycles. The first-order valence-electron chi connectivity index (χ1n) is 25.9. The van der Waals surface area contributed by atoms with Gasteiger partial charge in [-0.3, -0.25) is 0 Å². The normalized spacial score (nSPS) is 11.5. The largest absolute Gasteiger partial charge is 0.343 e. The molecule has 0 saturated carbocycles. The van der Waals surface area contributed by atoms with Gasteiger partial charge in [0.15, 0.2) is 0 Å². The molecule has 0 aliphatic rings. The Balaban J connectivity index is 1.07. The van der Waals surface area contributed by atoms with E-state index in [1.54, 1.807) is 0 Å². The van der Waals surface area contributed by atoms with Crippen LogP contribution in [0, 0.1) is 0 Å². The number of benzene rings is 12. The van der Waals surface area contributed by atoms with Crippen molar-refractivity contribution in [1.82, 2.24) is 9.13 Å². The van der Waals surface area contributed by atoms with Crippen LogP contribution in [0.15, 0.2) is 285 Å².